The van der Waals surface area contributed by atoms with Crippen molar-refractivity contribution < 1.29 is 22.2 Å². The van der Waals surface area contributed by atoms with Crippen LogP contribution in [0.3, 0.4) is 0 Å². The number of aryl methyl sites for hydroxylation is 1. The molecule has 3 aromatic rings. The van der Waals surface area contributed by atoms with Crippen LogP contribution in [0.25, 0.3) is 11.1 Å². The predicted molar refractivity (Wildman–Crippen MR) is 155 cm³/mol. The standard InChI is InChI=1S/C28H32ClFN2O5S2/c1-5-7-12-38(35)31-18(3)22-15-27(33)32(4)16-25(22)23-13-20(17-39(36,37)6-2)26(29)14-24(23)28(34)19-8-10-21(30)11-9-19/h8-11,13-16,18,31H,5-7,12,17H2,1-4H3/t18-,38-/m0/s1. The maximum Gasteiger partial charge on any atom is 0.250 e. The van der Waals surface area contributed by atoms with E-state index in [9.17, 15) is 27.0 Å². The summed E-state index contributed by atoms with van der Waals surface area (Å²) in [4.78, 5) is 26.3. The van der Waals surface area contributed by atoms with E-state index in [0.29, 0.717) is 28.0 Å². The molecule has 1 aromatic heterocycles. The lowest BCUT2D eigenvalue weighted by atomic mass is 9.89. The molecule has 0 aliphatic carbocycles. The topological polar surface area (TPSA) is 108 Å². The number of aromatic nitrogens is 1. The number of sulfone groups is 1. The van der Waals surface area contributed by atoms with Gasteiger partial charge in [0, 0.05) is 58.1 Å². The van der Waals surface area contributed by atoms with Gasteiger partial charge in [0.1, 0.15) is 11.6 Å². The Morgan fingerprint density at radius 1 is 1.15 bits per heavy atom. The van der Waals surface area contributed by atoms with Crippen molar-refractivity contribution in [1.29, 1.82) is 0 Å². The molecule has 3 rings (SSSR count). The van der Waals surface area contributed by atoms with Crippen molar-refractivity contribution in [2.45, 2.75) is 45.4 Å². The maximum absolute atomic E-state index is 13.7. The van der Waals surface area contributed by atoms with E-state index in [1.54, 1.807) is 26.2 Å². The molecule has 0 aliphatic rings. The maximum atomic E-state index is 13.7. The number of benzene rings is 2. The Labute approximate surface area is 236 Å². The Hall–Kier alpha value is -2.50. The van der Waals surface area contributed by atoms with Gasteiger partial charge in [0.25, 0.3) is 5.56 Å². The molecule has 0 bridgehead atoms. The average Bonchev–Trinajstić information content (AvgIpc) is 2.89. The number of rotatable bonds is 12. The minimum atomic E-state index is -3.47. The fourth-order valence-electron chi connectivity index (χ4n) is 4.06. The van der Waals surface area contributed by atoms with Crippen LogP contribution in [0.4, 0.5) is 4.39 Å². The Balaban J connectivity index is 2.26. The van der Waals surface area contributed by atoms with E-state index in [1.165, 1.54) is 47.9 Å². The van der Waals surface area contributed by atoms with Gasteiger partial charge in [-0.15, -0.1) is 4.72 Å². The predicted octanol–water partition coefficient (Wildman–Crippen LogP) is 5.12. The Morgan fingerprint density at radius 2 is 1.82 bits per heavy atom. The summed E-state index contributed by atoms with van der Waals surface area (Å²) >= 11 is 5.14. The largest absolute Gasteiger partial charge is 0.598 e. The summed E-state index contributed by atoms with van der Waals surface area (Å²) < 4.78 is 55.5. The minimum Gasteiger partial charge on any atom is -0.598 e. The highest BCUT2D eigenvalue weighted by Gasteiger charge is 2.25. The first-order valence-corrected chi connectivity index (χ1v) is 16.1. The van der Waals surface area contributed by atoms with Crippen LogP contribution in [0, 0.1) is 5.82 Å². The highest BCUT2D eigenvalue weighted by atomic mass is 35.5. The molecule has 0 saturated carbocycles. The highest BCUT2D eigenvalue weighted by molar-refractivity contribution is 7.90. The molecule has 0 unspecified atom stereocenters. The van der Waals surface area contributed by atoms with Gasteiger partial charge in [-0.3, -0.25) is 9.59 Å². The van der Waals surface area contributed by atoms with Crippen LogP contribution in [-0.2, 0) is 34.0 Å². The lowest BCUT2D eigenvalue weighted by Gasteiger charge is -2.22. The molecule has 11 heteroatoms. The quantitative estimate of drug-likeness (QED) is 0.230. The molecule has 0 fully saturated rings. The van der Waals surface area contributed by atoms with Gasteiger partial charge in [-0.1, -0.05) is 31.9 Å². The first-order chi connectivity index (χ1) is 18.4. The average molecular weight is 595 g/mol. The summed E-state index contributed by atoms with van der Waals surface area (Å²) in [7, 11) is -1.91. The summed E-state index contributed by atoms with van der Waals surface area (Å²) in [6, 6.07) is 8.89. The molecule has 210 valence electrons. The molecule has 0 amide bonds. The van der Waals surface area contributed by atoms with Crippen molar-refractivity contribution in [3.63, 3.8) is 0 Å². The van der Waals surface area contributed by atoms with E-state index in [1.807, 2.05) is 6.92 Å². The summed E-state index contributed by atoms with van der Waals surface area (Å²) in [6.07, 6.45) is 3.20. The second kappa shape index (κ2) is 13.2. The first kappa shape index (κ1) is 31.0. The number of carbonyl (C=O) groups excluding carboxylic acids is 1. The fourth-order valence-corrected chi connectivity index (χ4v) is 6.47. The zero-order chi connectivity index (χ0) is 28.9. The number of pyridine rings is 1. The SMILES string of the molecule is CCCC[S@+]([O-])N[C@@H](C)c1cc(=O)n(C)cc1-c1cc(CS(=O)(=O)CC)c(Cl)cc1C(=O)c1ccc(F)cc1. The number of ketones is 1. The Kier molecular flexibility index (Phi) is 10.5. The number of unbranched alkanes of at least 4 members (excludes halogenated alkanes) is 1. The third-order valence-corrected chi connectivity index (χ3v) is 9.62. The van der Waals surface area contributed by atoms with Crippen molar-refractivity contribution in [3.05, 3.63) is 92.1 Å². The van der Waals surface area contributed by atoms with Gasteiger partial charge in [0.2, 0.25) is 0 Å². The second-order valence-electron chi connectivity index (χ2n) is 9.34. The molecule has 0 aliphatic heterocycles. The summed E-state index contributed by atoms with van der Waals surface area (Å²) in [5, 5.41) is 0.0967. The molecule has 7 nitrogen and oxygen atoms in total. The number of nitrogens with one attached hydrogen (secondary N) is 1. The molecule has 0 radical (unpaired) electrons. The minimum absolute atomic E-state index is 0.0927. The van der Waals surface area contributed by atoms with E-state index in [-0.39, 0.29) is 33.2 Å². The molecule has 39 heavy (non-hydrogen) atoms. The van der Waals surface area contributed by atoms with E-state index < -0.39 is 38.8 Å². The van der Waals surface area contributed by atoms with E-state index in [0.717, 1.165) is 12.8 Å². The van der Waals surface area contributed by atoms with Crippen molar-refractivity contribution in [3.8, 4) is 11.1 Å². The van der Waals surface area contributed by atoms with Gasteiger partial charge in [0.15, 0.2) is 15.6 Å². The van der Waals surface area contributed by atoms with Crippen molar-refractivity contribution in [1.82, 2.24) is 9.29 Å². The molecule has 1 N–H and O–H groups in total. The fraction of sp³-hybridized carbons (Fsp3) is 0.357. The van der Waals surface area contributed by atoms with Gasteiger partial charge >= 0.3 is 0 Å². The zero-order valence-corrected chi connectivity index (χ0v) is 24.7. The van der Waals surface area contributed by atoms with Crippen LogP contribution >= 0.6 is 11.6 Å². The van der Waals surface area contributed by atoms with Crippen LogP contribution < -0.4 is 10.3 Å². The zero-order valence-electron chi connectivity index (χ0n) is 22.3. The number of halogens is 2. The van der Waals surface area contributed by atoms with Crippen molar-refractivity contribution in [2.24, 2.45) is 7.05 Å². The Morgan fingerprint density at radius 3 is 2.44 bits per heavy atom. The van der Waals surface area contributed by atoms with Gasteiger partial charge in [0.05, 0.1) is 11.8 Å². The van der Waals surface area contributed by atoms with E-state index in [4.69, 9.17) is 11.6 Å². The summed E-state index contributed by atoms with van der Waals surface area (Å²) in [5.41, 5.74) is 1.68. The van der Waals surface area contributed by atoms with Crippen molar-refractivity contribution >= 4 is 38.6 Å². The van der Waals surface area contributed by atoms with Crippen LogP contribution in [-0.4, -0.2) is 34.8 Å². The van der Waals surface area contributed by atoms with Gasteiger partial charge in [-0.25, -0.2) is 12.8 Å². The summed E-state index contributed by atoms with van der Waals surface area (Å²) in [5.74, 6) is -0.944. The number of hydrogen-bond donors (Lipinski definition) is 1. The number of nitrogens with zero attached hydrogens (tertiary/aromatic N) is 1. The van der Waals surface area contributed by atoms with Crippen LogP contribution in [0.15, 0.2) is 53.5 Å². The van der Waals surface area contributed by atoms with Gasteiger partial charge in [-0.05, 0) is 66.4 Å². The monoisotopic (exact) mass is 594 g/mol. The highest BCUT2D eigenvalue weighted by Crippen LogP contribution is 2.35. The molecule has 2 aromatic carbocycles. The van der Waals surface area contributed by atoms with Crippen LogP contribution in [0.1, 0.15) is 66.7 Å². The van der Waals surface area contributed by atoms with E-state index >= 15 is 0 Å². The second-order valence-corrected chi connectivity index (χ2v) is 13.4. The summed E-state index contributed by atoms with van der Waals surface area (Å²) in [6.45, 7) is 5.30. The molecular formula is C28H32ClFN2O5S2. The lowest BCUT2D eigenvalue weighted by Crippen LogP contribution is -2.30. The molecule has 0 saturated heterocycles. The lowest BCUT2D eigenvalue weighted by molar-refractivity contribution is 0.103. The van der Waals surface area contributed by atoms with Gasteiger partial charge < -0.3 is 9.12 Å². The van der Waals surface area contributed by atoms with E-state index in [2.05, 4.69) is 4.72 Å². The number of carbonyl (C=O) groups is 1. The van der Waals surface area contributed by atoms with Crippen LogP contribution in [0.5, 0.6) is 0 Å². The number of hydrogen-bond acceptors (Lipinski definition) is 6. The third kappa shape index (κ3) is 7.79. The Bertz CT molecular complexity index is 1510. The van der Waals surface area contributed by atoms with Crippen molar-refractivity contribution in [2.75, 3.05) is 11.5 Å². The van der Waals surface area contributed by atoms with Crippen LogP contribution in [0.2, 0.25) is 5.02 Å². The third-order valence-electron chi connectivity index (χ3n) is 6.36. The molecule has 0 spiro atoms. The smallest absolute Gasteiger partial charge is 0.250 e. The first-order valence-electron chi connectivity index (χ1n) is 12.5. The normalized spacial score (nSPS) is 13.3. The molecular weight excluding hydrogens is 563 g/mol. The molecule has 2 atom stereocenters. The van der Waals surface area contributed by atoms with Gasteiger partial charge in [-0.2, -0.15) is 0 Å². The molecule has 1 heterocycles.